The Bertz CT molecular complexity index is 547. The molecule has 1 aliphatic heterocycles. The molecular weight excluding hydrogens is 412 g/mol. The van der Waals surface area contributed by atoms with E-state index >= 15 is 0 Å². The Morgan fingerprint density at radius 2 is 1.88 bits per heavy atom. The maximum atomic E-state index is 12.3. The molecule has 2 atom stereocenters. The van der Waals surface area contributed by atoms with Gasteiger partial charge in [0, 0.05) is 13.1 Å². The van der Waals surface area contributed by atoms with Crippen LogP contribution < -0.4 is 4.72 Å². The predicted octanol–water partition coefficient (Wildman–Crippen LogP) is 1.66. The van der Waals surface area contributed by atoms with Crippen molar-refractivity contribution < 1.29 is 22.7 Å². The lowest BCUT2D eigenvalue weighted by Crippen LogP contribution is -2.47. The van der Waals surface area contributed by atoms with E-state index < -0.39 is 27.3 Å². The first kappa shape index (κ1) is 22.4. The predicted molar refractivity (Wildman–Crippen MR) is 99.9 cm³/mol. The van der Waals surface area contributed by atoms with Crippen LogP contribution in [0.5, 0.6) is 0 Å². The Balaban J connectivity index is 2.72. The molecule has 0 aromatic carbocycles. The summed E-state index contributed by atoms with van der Waals surface area (Å²) in [5.74, 6) is -0.306. The molecule has 1 fully saturated rings. The van der Waals surface area contributed by atoms with E-state index in [-0.39, 0.29) is 18.4 Å². The summed E-state index contributed by atoms with van der Waals surface area (Å²) in [7, 11) is -3.57. The number of sulfonamides is 1. The standard InChI is InChI=1S/C16H29BrN2O5S/c1-4-12(3)25(22,23)18-14(16(21)24-5-2)10-13-6-8-19(9-7-13)15(20)11-17/h12-14,18H,4-11H2,1-3H3. The van der Waals surface area contributed by atoms with Crippen molar-refractivity contribution in [3.05, 3.63) is 0 Å². The molecule has 0 aromatic heterocycles. The lowest BCUT2D eigenvalue weighted by Gasteiger charge is -2.33. The van der Waals surface area contributed by atoms with Crippen LogP contribution in [-0.4, -0.2) is 61.5 Å². The molecule has 1 aliphatic rings. The summed E-state index contributed by atoms with van der Waals surface area (Å²) in [6.45, 7) is 6.57. The van der Waals surface area contributed by atoms with Gasteiger partial charge in [-0.25, -0.2) is 13.1 Å². The molecule has 0 aromatic rings. The van der Waals surface area contributed by atoms with Crippen molar-refractivity contribution in [1.29, 1.82) is 0 Å². The minimum Gasteiger partial charge on any atom is -0.465 e. The minimum absolute atomic E-state index is 0.0536. The van der Waals surface area contributed by atoms with Crippen molar-refractivity contribution in [3.8, 4) is 0 Å². The van der Waals surface area contributed by atoms with Crippen molar-refractivity contribution in [1.82, 2.24) is 9.62 Å². The van der Waals surface area contributed by atoms with E-state index in [1.165, 1.54) is 0 Å². The van der Waals surface area contributed by atoms with Crippen LogP contribution in [0.25, 0.3) is 0 Å². The van der Waals surface area contributed by atoms with E-state index in [1.807, 2.05) is 0 Å². The number of amides is 1. The van der Waals surface area contributed by atoms with Gasteiger partial charge in [-0.05, 0) is 45.4 Å². The Labute approximate surface area is 159 Å². The molecule has 7 nitrogen and oxygen atoms in total. The Kier molecular flexibility index (Phi) is 9.37. The molecule has 1 N–H and O–H groups in total. The van der Waals surface area contributed by atoms with Gasteiger partial charge in [-0.2, -0.15) is 0 Å². The molecule has 2 unspecified atom stereocenters. The molecular formula is C16H29BrN2O5S. The normalized spacial score (nSPS) is 18.6. The van der Waals surface area contributed by atoms with Gasteiger partial charge in [0.15, 0.2) is 0 Å². The van der Waals surface area contributed by atoms with Gasteiger partial charge in [0.05, 0.1) is 17.2 Å². The van der Waals surface area contributed by atoms with Crippen LogP contribution in [0.1, 0.15) is 46.5 Å². The zero-order valence-corrected chi connectivity index (χ0v) is 17.6. The van der Waals surface area contributed by atoms with E-state index in [1.54, 1.807) is 25.7 Å². The molecule has 0 spiro atoms. The maximum Gasteiger partial charge on any atom is 0.324 e. The van der Waals surface area contributed by atoms with Gasteiger partial charge in [-0.3, -0.25) is 9.59 Å². The number of carbonyl (C=O) groups is 2. The summed E-state index contributed by atoms with van der Waals surface area (Å²) >= 11 is 3.17. The van der Waals surface area contributed by atoms with Crippen LogP contribution in [0.2, 0.25) is 0 Å². The summed E-state index contributed by atoms with van der Waals surface area (Å²) in [5.41, 5.74) is 0. The second-order valence-electron chi connectivity index (χ2n) is 6.38. The van der Waals surface area contributed by atoms with E-state index in [4.69, 9.17) is 4.74 Å². The van der Waals surface area contributed by atoms with Gasteiger partial charge < -0.3 is 9.64 Å². The number of piperidine rings is 1. The molecule has 0 bridgehead atoms. The van der Waals surface area contributed by atoms with Crippen LogP contribution >= 0.6 is 15.9 Å². The van der Waals surface area contributed by atoms with E-state index in [2.05, 4.69) is 20.7 Å². The zero-order chi connectivity index (χ0) is 19.0. The zero-order valence-electron chi connectivity index (χ0n) is 15.2. The molecule has 1 saturated heterocycles. The molecule has 25 heavy (non-hydrogen) atoms. The summed E-state index contributed by atoms with van der Waals surface area (Å²) in [5, 5.41) is -0.263. The molecule has 1 amide bonds. The van der Waals surface area contributed by atoms with Gasteiger partial charge >= 0.3 is 5.97 Å². The molecule has 0 radical (unpaired) electrons. The monoisotopic (exact) mass is 440 g/mol. The minimum atomic E-state index is -3.57. The maximum absolute atomic E-state index is 12.3. The smallest absolute Gasteiger partial charge is 0.324 e. The first-order valence-corrected chi connectivity index (χ1v) is 11.4. The highest BCUT2D eigenvalue weighted by molar-refractivity contribution is 9.09. The molecule has 0 aliphatic carbocycles. The number of halogens is 1. The number of esters is 1. The van der Waals surface area contributed by atoms with Crippen molar-refractivity contribution in [3.63, 3.8) is 0 Å². The fraction of sp³-hybridized carbons (Fsp3) is 0.875. The number of hydrogen-bond acceptors (Lipinski definition) is 5. The van der Waals surface area contributed by atoms with E-state index in [0.717, 1.165) is 12.8 Å². The average molecular weight is 441 g/mol. The second-order valence-corrected chi connectivity index (χ2v) is 9.07. The largest absolute Gasteiger partial charge is 0.465 e. The number of hydrogen-bond donors (Lipinski definition) is 1. The highest BCUT2D eigenvalue weighted by Crippen LogP contribution is 2.23. The van der Waals surface area contributed by atoms with Crippen LogP contribution in [0.15, 0.2) is 0 Å². The molecule has 9 heteroatoms. The summed E-state index contributed by atoms with van der Waals surface area (Å²) in [6, 6.07) is -0.873. The van der Waals surface area contributed by atoms with Gasteiger partial charge in [0.2, 0.25) is 15.9 Å². The Morgan fingerprint density at radius 3 is 2.36 bits per heavy atom. The van der Waals surface area contributed by atoms with E-state index in [0.29, 0.717) is 31.3 Å². The number of ether oxygens (including phenoxy) is 1. The lowest BCUT2D eigenvalue weighted by molar-refractivity contribution is -0.146. The fourth-order valence-electron chi connectivity index (χ4n) is 2.81. The number of nitrogens with one attached hydrogen (secondary N) is 1. The van der Waals surface area contributed by atoms with Crippen molar-refractivity contribution in [2.75, 3.05) is 25.0 Å². The third kappa shape index (κ3) is 6.86. The quantitative estimate of drug-likeness (QED) is 0.434. The second kappa shape index (κ2) is 10.5. The highest BCUT2D eigenvalue weighted by atomic mass is 79.9. The third-order valence-corrected chi connectivity index (χ3v) is 7.12. The van der Waals surface area contributed by atoms with Crippen LogP contribution in [0.3, 0.4) is 0 Å². The van der Waals surface area contributed by atoms with Gasteiger partial charge in [-0.1, -0.05) is 22.9 Å². The van der Waals surface area contributed by atoms with Crippen molar-refractivity contribution in [2.45, 2.75) is 57.7 Å². The number of nitrogens with zero attached hydrogens (tertiary/aromatic N) is 1. The summed E-state index contributed by atoms with van der Waals surface area (Å²) < 4.78 is 32.2. The molecule has 0 saturated carbocycles. The molecule has 146 valence electrons. The Hall–Kier alpha value is -0.670. The molecule has 1 rings (SSSR count). The number of likely N-dealkylation sites (tertiary alicyclic amines) is 1. The fourth-order valence-corrected chi connectivity index (χ4v) is 4.42. The molecule has 1 heterocycles. The first-order valence-electron chi connectivity index (χ1n) is 8.76. The van der Waals surface area contributed by atoms with E-state index in [9.17, 15) is 18.0 Å². The first-order chi connectivity index (χ1) is 11.7. The van der Waals surface area contributed by atoms with Crippen LogP contribution in [0.4, 0.5) is 0 Å². The highest BCUT2D eigenvalue weighted by Gasteiger charge is 2.32. The van der Waals surface area contributed by atoms with Gasteiger partial charge in [0.1, 0.15) is 6.04 Å². The van der Waals surface area contributed by atoms with Crippen molar-refractivity contribution >= 4 is 37.8 Å². The SMILES string of the molecule is CCOC(=O)C(CC1CCN(C(=O)CBr)CC1)NS(=O)(=O)C(C)CC. The number of carbonyl (C=O) groups excluding carboxylic acids is 2. The summed E-state index contributed by atoms with van der Waals surface area (Å²) in [4.78, 5) is 25.7. The topological polar surface area (TPSA) is 92.8 Å². The Morgan fingerprint density at radius 1 is 1.28 bits per heavy atom. The number of rotatable bonds is 9. The average Bonchev–Trinajstić information content (AvgIpc) is 2.60. The third-order valence-electron chi connectivity index (χ3n) is 4.63. The number of alkyl halides is 1. The van der Waals surface area contributed by atoms with Crippen molar-refractivity contribution in [2.24, 2.45) is 5.92 Å². The van der Waals surface area contributed by atoms with Gasteiger partial charge in [0.25, 0.3) is 0 Å². The van der Waals surface area contributed by atoms with Crippen LogP contribution in [-0.2, 0) is 24.3 Å². The summed E-state index contributed by atoms with van der Waals surface area (Å²) in [6.07, 6.45) is 2.36. The lowest BCUT2D eigenvalue weighted by atomic mass is 9.90. The van der Waals surface area contributed by atoms with Crippen LogP contribution in [0, 0.1) is 5.92 Å². The van der Waals surface area contributed by atoms with Gasteiger partial charge in [-0.15, -0.1) is 0 Å².